The zero-order chi connectivity index (χ0) is 15.1. The van der Waals surface area contributed by atoms with Crippen LogP contribution in [0.4, 0.5) is 5.82 Å². The maximum atomic E-state index is 11.6. The average Bonchev–Trinajstić information content (AvgIpc) is 2.35. The molecule has 1 N–H and O–H groups in total. The molecule has 0 unspecified atom stereocenters. The Kier molecular flexibility index (Phi) is 7.09. The molecular weight excluding hydrogens is 296 g/mol. The zero-order valence-corrected chi connectivity index (χ0v) is 13.9. The van der Waals surface area contributed by atoms with Crippen molar-refractivity contribution in [2.24, 2.45) is 0 Å². The fraction of sp³-hybridized carbons (Fsp3) is 0.615. The van der Waals surface area contributed by atoms with E-state index in [4.69, 9.17) is 11.6 Å². The third kappa shape index (κ3) is 5.96. The summed E-state index contributed by atoms with van der Waals surface area (Å²) < 4.78 is 0. The van der Waals surface area contributed by atoms with Crippen LogP contribution in [-0.4, -0.2) is 41.3 Å². The Balaban J connectivity index is 2.68. The number of hydrogen-bond acceptors (Lipinski definition) is 5. The minimum atomic E-state index is -0.0305. The van der Waals surface area contributed by atoms with Crippen LogP contribution >= 0.6 is 23.4 Å². The Bertz CT molecular complexity index is 456. The van der Waals surface area contributed by atoms with Crippen LogP contribution < -0.4 is 10.2 Å². The van der Waals surface area contributed by atoms with Gasteiger partial charge in [0.2, 0.25) is 5.91 Å². The van der Waals surface area contributed by atoms with E-state index in [0.717, 1.165) is 18.8 Å². The van der Waals surface area contributed by atoms with E-state index in [0.29, 0.717) is 10.3 Å². The van der Waals surface area contributed by atoms with Gasteiger partial charge in [-0.2, -0.15) is 0 Å². The molecule has 1 aromatic rings. The maximum Gasteiger partial charge on any atom is 0.230 e. The second-order valence-corrected chi connectivity index (χ2v) is 6.09. The number of thioether (sulfide) groups is 1. The van der Waals surface area contributed by atoms with E-state index < -0.39 is 0 Å². The third-order valence-corrected chi connectivity index (χ3v) is 3.43. The molecule has 0 bridgehead atoms. The first-order valence-corrected chi connectivity index (χ1v) is 7.96. The average molecular weight is 317 g/mol. The maximum absolute atomic E-state index is 11.6. The van der Waals surface area contributed by atoms with Gasteiger partial charge in [0.1, 0.15) is 11.0 Å². The molecule has 0 atom stereocenters. The van der Waals surface area contributed by atoms with Crippen molar-refractivity contribution in [2.75, 3.05) is 24.2 Å². The number of nitrogens with one attached hydrogen (secondary N) is 1. The number of carbonyl (C=O) groups excluding carboxylic acids is 1. The van der Waals surface area contributed by atoms with Crippen molar-refractivity contribution in [1.29, 1.82) is 0 Å². The monoisotopic (exact) mass is 316 g/mol. The number of carbonyl (C=O) groups is 1. The molecule has 0 saturated heterocycles. The van der Waals surface area contributed by atoms with Gasteiger partial charge in [0, 0.05) is 25.7 Å². The van der Waals surface area contributed by atoms with Gasteiger partial charge in [-0.3, -0.25) is 4.79 Å². The van der Waals surface area contributed by atoms with Crippen molar-refractivity contribution >= 4 is 35.1 Å². The van der Waals surface area contributed by atoms with E-state index in [9.17, 15) is 4.79 Å². The highest BCUT2D eigenvalue weighted by Crippen LogP contribution is 2.21. The van der Waals surface area contributed by atoms with Crippen LogP contribution in [0.5, 0.6) is 0 Å². The van der Waals surface area contributed by atoms with Crippen molar-refractivity contribution in [3.05, 3.63) is 11.2 Å². The highest BCUT2D eigenvalue weighted by molar-refractivity contribution is 7.99. The van der Waals surface area contributed by atoms with Gasteiger partial charge in [-0.25, -0.2) is 9.97 Å². The lowest BCUT2D eigenvalue weighted by Crippen LogP contribution is -2.31. The molecule has 0 saturated carbocycles. The normalized spacial score (nSPS) is 10.7. The molecule has 7 heteroatoms. The fourth-order valence-corrected chi connectivity index (χ4v) is 2.48. The predicted octanol–water partition coefficient (Wildman–Crippen LogP) is 2.59. The zero-order valence-electron chi connectivity index (χ0n) is 12.3. The Labute approximate surface area is 129 Å². The van der Waals surface area contributed by atoms with E-state index >= 15 is 0 Å². The molecule has 112 valence electrons. The van der Waals surface area contributed by atoms with Crippen molar-refractivity contribution < 1.29 is 4.79 Å². The smallest absolute Gasteiger partial charge is 0.230 e. The number of halogens is 1. The Morgan fingerprint density at radius 3 is 2.80 bits per heavy atom. The fourth-order valence-electron chi connectivity index (χ4n) is 1.59. The van der Waals surface area contributed by atoms with Crippen molar-refractivity contribution in [3.8, 4) is 0 Å². The molecule has 1 aromatic heterocycles. The first-order valence-electron chi connectivity index (χ1n) is 6.60. The molecular formula is C13H21ClN4OS. The lowest BCUT2D eigenvalue weighted by Gasteiger charge is -2.17. The molecule has 0 radical (unpaired) electrons. The van der Waals surface area contributed by atoms with Crippen LogP contribution in [0.1, 0.15) is 27.2 Å². The first kappa shape index (κ1) is 17.0. The highest BCUT2D eigenvalue weighted by atomic mass is 35.5. The standard InChI is InChI=1S/C13H21ClN4OS/c1-5-6-18(4)11-7-10(14)16-13(17-11)20-8-12(19)15-9(2)3/h7,9H,5-6,8H2,1-4H3,(H,15,19). The number of aromatic nitrogens is 2. The van der Waals surface area contributed by atoms with Gasteiger partial charge in [0.05, 0.1) is 5.75 Å². The largest absolute Gasteiger partial charge is 0.360 e. The number of amides is 1. The number of anilines is 1. The van der Waals surface area contributed by atoms with Gasteiger partial charge in [-0.1, -0.05) is 30.3 Å². The minimum Gasteiger partial charge on any atom is -0.360 e. The summed E-state index contributed by atoms with van der Waals surface area (Å²) in [5.74, 6) is 1.03. The summed E-state index contributed by atoms with van der Waals surface area (Å²) in [6.07, 6.45) is 1.03. The molecule has 0 aliphatic rings. The van der Waals surface area contributed by atoms with E-state index in [1.807, 2.05) is 25.8 Å². The molecule has 1 heterocycles. The summed E-state index contributed by atoms with van der Waals surface area (Å²) in [4.78, 5) is 22.2. The van der Waals surface area contributed by atoms with Crippen molar-refractivity contribution in [2.45, 2.75) is 38.4 Å². The van der Waals surface area contributed by atoms with Gasteiger partial charge in [0.25, 0.3) is 0 Å². The van der Waals surface area contributed by atoms with Gasteiger partial charge in [-0.15, -0.1) is 0 Å². The molecule has 0 spiro atoms. The van der Waals surface area contributed by atoms with Gasteiger partial charge in [-0.05, 0) is 20.3 Å². The Morgan fingerprint density at radius 2 is 2.20 bits per heavy atom. The molecule has 0 aliphatic carbocycles. The minimum absolute atomic E-state index is 0.0305. The topological polar surface area (TPSA) is 58.1 Å². The molecule has 0 aromatic carbocycles. The van der Waals surface area contributed by atoms with E-state index in [-0.39, 0.29) is 17.7 Å². The van der Waals surface area contributed by atoms with Crippen LogP contribution in [0.15, 0.2) is 11.2 Å². The van der Waals surface area contributed by atoms with E-state index in [1.165, 1.54) is 11.8 Å². The second-order valence-electron chi connectivity index (χ2n) is 4.76. The Hall–Kier alpha value is -1.01. The molecule has 0 aliphatic heterocycles. The summed E-state index contributed by atoms with van der Waals surface area (Å²) in [5, 5.41) is 3.74. The molecule has 1 rings (SSSR count). The second kappa shape index (κ2) is 8.32. The molecule has 5 nitrogen and oxygen atoms in total. The van der Waals surface area contributed by atoms with E-state index in [1.54, 1.807) is 6.07 Å². The first-order chi connectivity index (χ1) is 9.42. The summed E-state index contributed by atoms with van der Waals surface area (Å²) >= 11 is 7.29. The van der Waals surface area contributed by atoms with Gasteiger partial charge in [0.15, 0.2) is 5.16 Å². The van der Waals surface area contributed by atoms with Crippen LogP contribution in [0.25, 0.3) is 0 Å². The van der Waals surface area contributed by atoms with Gasteiger partial charge < -0.3 is 10.2 Å². The predicted molar refractivity (Wildman–Crippen MR) is 84.6 cm³/mol. The number of nitrogens with zero attached hydrogens (tertiary/aromatic N) is 3. The van der Waals surface area contributed by atoms with Gasteiger partial charge >= 0.3 is 0 Å². The lowest BCUT2D eigenvalue weighted by molar-refractivity contribution is -0.119. The number of hydrogen-bond donors (Lipinski definition) is 1. The summed E-state index contributed by atoms with van der Waals surface area (Å²) in [7, 11) is 1.96. The van der Waals surface area contributed by atoms with Crippen LogP contribution in [-0.2, 0) is 4.79 Å². The summed E-state index contributed by atoms with van der Waals surface area (Å²) in [6.45, 7) is 6.85. The van der Waals surface area contributed by atoms with E-state index in [2.05, 4.69) is 22.2 Å². The van der Waals surface area contributed by atoms with Crippen LogP contribution in [0.3, 0.4) is 0 Å². The lowest BCUT2D eigenvalue weighted by atomic mass is 10.4. The summed E-state index contributed by atoms with van der Waals surface area (Å²) in [5.41, 5.74) is 0. The summed E-state index contributed by atoms with van der Waals surface area (Å²) in [6, 6.07) is 1.87. The Morgan fingerprint density at radius 1 is 1.50 bits per heavy atom. The SMILES string of the molecule is CCCN(C)c1cc(Cl)nc(SCC(=O)NC(C)C)n1. The molecule has 1 amide bonds. The third-order valence-electron chi connectivity index (χ3n) is 2.39. The molecule has 20 heavy (non-hydrogen) atoms. The van der Waals surface area contributed by atoms with Crippen LogP contribution in [0, 0.1) is 0 Å². The van der Waals surface area contributed by atoms with Crippen LogP contribution in [0.2, 0.25) is 5.15 Å². The van der Waals surface area contributed by atoms with Crippen molar-refractivity contribution in [3.63, 3.8) is 0 Å². The highest BCUT2D eigenvalue weighted by Gasteiger charge is 2.10. The van der Waals surface area contributed by atoms with Crippen molar-refractivity contribution in [1.82, 2.24) is 15.3 Å². The number of rotatable bonds is 7. The quantitative estimate of drug-likeness (QED) is 0.476. The molecule has 0 fully saturated rings.